The largest absolute Gasteiger partial charge is 0.454 e. The Bertz CT molecular complexity index is 655. The van der Waals surface area contributed by atoms with Crippen LogP contribution < -0.4 is 0 Å². The maximum Gasteiger partial charge on any atom is 0.338 e. The zero-order chi connectivity index (χ0) is 14.5. The molecule has 0 heterocycles. The van der Waals surface area contributed by atoms with Crippen LogP contribution in [0.15, 0.2) is 48.5 Å². The number of ketones is 1. The number of Topliss-reactive ketones (excluding diaryl/α,β-unsaturated/α-hetero) is 1. The molecule has 5 heteroatoms. The fourth-order valence-corrected chi connectivity index (χ4v) is 2.38. The van der Waals surface area contributed by atoms with E-state index in [1.54, 1.807) is 42.5 Å². The van der Waals surface area contributed by atoms with E-state index in [2.05, 4.69) is 22.6 Å². The molecular formula is C15H10ClIO3. The molecule has 0 unspecified atom stereocenters. The number of halogens is 2. The number of carbonyl (C=O) groups is 2. The van der Waals surface area contributed by atoms with Crippen LogP contribution in [0.2, 0.25) is 5.02 Å². The molecule has 0 saturated heterocycles. The Morgan fingerprint density at radius 2 is 1.85 bits per heavy atom. The maximum atomic E-state index is 11.9. The van der Waals surface area contributed by atoms with E-state index in [-0.39, 0.29) is 12.4 Å². The number of carbonyl (C=O) groups excluding carboxylic acids is 2. The first-order valence-electron chi connectivity index (χ1n) is 5.78. The van der Waals surface area contributed by atoms with Crippen LogP contribution in [0.25, 0.3) is 0 Å². The Morgan fingerprint density at radius 1 is 1.10 bits per heavy atom. The third-order valence-corrected chi connectivity index (χ3v) is 3.57. The molecule has 0 fully saturated rings. The van der Waals surface area contributed by atoms with E-state index in [0.717, 1.165) is 3.57 Å². The maximum absolute atomic E-state index is 11.9. The number of rotatable bonds is 4. The predicted octanol–water partition coefficient (Wildman–Crippen LogP) is 3.98. The summed E-state index contributed by atoms with van der Waals surface area (Å²) in [5.41, 5.74) is 0.772. The summed E-state index contributed by atoms with van der Waals surface area (Å²) in [5, 5.41) is 0.350. The molecular weight excluding hydrogens is 391 g/mol. The lowest BCUT2D eigenvalue weighted by Crippen LogP contribution is -2.14. The topological polar surface area (TPSA) is 43.4 Å². The average Bonchev–Trinajstić information content (AvgIpc) is 2.45. The number of benzene rings is 2. The van der Waals surface area contributed by atoms with Gasteiger partial charge in [0.15, 0.2) is 6.61 Å². The van der Waals surface area contributed by atoms with Crippen LogP contribution in [0.4, 0.5) is 0 Å². The van der Waals surface area contributed by atoms with Gasteiger partial charge < -0.3 is 4.74 Å². The smallest absolute Gasteiger partial charge is 0.338 e. The molecule has 102 valence electrons. The van der Waals surface area contributed by atoms with E-state index in [9.17, 15) is 9.59 Å². The highest BCUT2D eigenvalue weighted by Crippen LogP contribution is 2.16. The summed E-state index contributed by atoms with van der Waals surface area (Å²) in [6.07, 6.45) is 0. The molecule has 0 spiro atoms. The van der Waals surface area contributed by atoms with Crippen LogP contribution in [0.1, 0.15) is 20.7 Å². The standard InChI is InChI=1S/C15H10ClIO3/c16-13-7-2-1-6-12(13)14(18)9-20-15(19)10-4-3-5-11(17)8-10/h1-8H,9H2. The summed E-state index contributed by atoms with van der Waals surface area (Å²) in [6, 6.07) is 13.6. The fraction of sp³-hybridized carbons (Fsp3) is 0.0667. The molecule has 0 aliphatic carbocycles. The first-order valence-corrected chi connectivity index (χ1v) is 7.24. The van der Waals surface area contributed by atoms with Gasteiger partial charge in [-0.1, -0.05) is 29.8 Å². The molecule has 3 nitrogen and oxygen atoms in total. The zero-order valence-electron chi connectivity index (χ0n) is 10.3. The quantitative estimate of drug-likeness (QED) is 0.443. The van der Waals surface area contributed by atoms with Gasteiger partial charge in [-0.25, -0.2) is 4.79 Å². The van der Waals surface area contributed by atoms with Gasteiger partial charge in [0.2, 0.25) is 5.78 Å². The summed E-state index contributed by atoms with van der Waals surface area (Å²) in [5.74, 6) is -0.849. The van der Waals surface area contributed by atoms with Gasteiger partial charge in [0.05, 0.1) is 10.6 Å². The summed E-state index contributed by atoms with van der Waals surface area (Å²) in [6.45, 7) is -0.325. The number of hydrogen-bond acceptors (Lipinski definition) is 3. The van der Waals surface area contributed by atoms with Crippen molar-refractivity contribution in [2.75, 3.05) is 6.61 Å². The van der Waals surface area contributed by atoms with Crippen molar-refractivity contribution in [2.45, 2.75) is 0 Å². The van der Waals surface area contributed by atoms with Gasteiger partial charge in [-0.2, -0.15) is 0 Å². The average molecular weight is 401 g/mol. The highest BCUT2D eigenvalue weighted by atomic mass is 127. The summed E-state index contributed by atoms with van der Waals surface area (Å²) >= 11 is 8.01. The van der Waals surface area contributed by atoms with Crippen LogP contribution in [-0.2, 0) is 4.74 Å². The Hall–Kier alpha value is -1.40. The molecule has 2 aromatic carbocycles. The molecule has 0 bridgehead atoms. The van der Waals surface area contributed by atoms with Crippen LogP contribution in [0.3, 0.4) is 0 Å². The van der Waals surface area contributed by atoms with Gasteiger partial charge >= 0.3 is 5.97 Å². The molecule has 0 aliphatic heterocycles. The van der Waals surface area contributed by atoms with E-state index >= 15 is 0 Å². The highest BCUT2D eigenvalue weighted by molar-refractivity contribution is 14.1. The molecule has 2 aromatic rings. The zero-order valence-corrected chi connectivity index (χ0v) is 13.2. The lowest BCUT2D eigenvalue weighted by molar-refractivity contribution is 0.0474. The van der Waals surface area contributed by atoms with Crippen molar-refractivity contribution in [1.29, 1.82) is 0 Å². The van der Waals surface area contributed by atoms with Gasteiger partial charge in [0.25, 0.3) is 0 Å². The minimum atomic E-state index is -0.524. The van der Waals surface area contributed by atoms with Gasteiger partial charge in [-0.15, -0.1) is 0 Å². The molecule has 0 aromatic heterocycles. The number of ether oxygens (including phenoxy) is 1. The third-order valence-electron chi connectivity index (χ3n) is 2.57. The van der Waals surface area contributed by atoms with Crippen molar-refractivity contribution in [3.05, 3.63) is 68.3 Å². The van der Waals surface area contributed by atoms with Crippen LogP contribution >= 0.6 is 34.2 Å². The first kappa shape index (κ1) is 15.0. The van der Waals surface area contributed by atoms with Crippen molar-refractivity contribution in [3.63, 3.8) is 0 Å². The van der Waals surface area contributed by atoms with Crippen molar-refractivity contribution in [1.82, 2.24) is 0 Å². The Morgan fingerprint density at radius 3 is 2.55 bits per heavy atom. The van der Waals surface area contributed by atoms with Crippen LogP contribution in [0, 0.1) is 3.57 Å². The second-order valence-electron chi connectivity index (χ2n) is 3.99. The predicted molar refractivity (Wildman–Crippen MR) is 85.2 cm³/mol. The minimum Gasteiger partial charge on any atom is -0.454 e. The Labute approximate surface area is 135 Å². The van der Waals surface area contributed by atoms with Gasteiger partial charge in [-0.05, 0) is 52.9 Å². The van der Waals surface area contributed by atoms with E-state index in [4.69, 9.17) is 16.3 Å². The Balaban J connectivity index is 2.01. The second-order valence-corrected chi connectivity index (χ2v) is 5.64. The van der Waals surface area contributed by atoms with Gasteiger partial charge in [-0.3, -0.25) is 4.79 Å². The molecule has 0 aliphatic rings. The molecule has 0 atom stereocenters. The monoisotopic (exact) mass is 400 g/mol. The fourth-order valence-electron chi connectivity index (χ4n) is 1.59. The molecule has 2 rings (SSSR count). The summed E-state index contributed by atoms with van der Waals surface area (Å²) < 4.78 is 5.93. The SMILES string of the molecule is O=C(OCC(=O)c1ccccc1Cl)c1cccc(I)c1. The third kappa shape index (κ3) is 3.80. The number of hydrogen-bond donors (Lipinski definition) is 0. The lowest BCUT2D eigenvalue weighted by atomic mass is 10.1. The Kier molecular flexibility index (Phi) is 5.14. The van der Waals surface area contributed by atoms with Crippen LogP contribution in [0.5, 0.6) is 0 Å². The summed E-state index contributed by atoms with van der Waals surface area (Å²) in [4.78, 5) is 23.7. The van der Waals surface area contributed by atoms with Crippen molar-refractivity contribution < 1.29 is 14.3 Å². The van der Waals surface area contributed by atoms with Gasteiger partial charge in [0.1, 0.15) is 0 Å². The van der Waals surface area contributed by atoms with Crippen molar-refractivity contribution >= 4 is 45.9 Å². The van der Waals surface area contributed by atoms with E-state index in [1.165, 1.54) is 0 Å². The summed E-state index contributed by atoms with van der Waals surface area (Å²) in [7, 11) is 0. The number of esters is 1. The van der Waals surface area contributed by atoms with E-state index in [1.807, 2.05) is 6.07 Å². The van der Waals surface area contributed by atoms with E-state index in [0.29, 0.717) is 16.1 Å². The lowest BCUT2D eigenvalue weighted by Gasteiger charge is -2.06. The van der Waals surface area contributed by atoms with Crippen molar-refractivity contribution in [3.8, 4) is 0 Å². The van der Waals surface area contributed by atoms with E-state index < -0.39 is 5.97 Å². The molecule has 20 heavy (non-hydrogen) atoms. The normalized spacial score (nSPS) is 10.1. The van der Waals surface area contributed by atoms with Crippen LogP contribution in [-0.4, -0.2) is 18.4 Å². The minimum absolute atomic E-state index is 0.324. The van der Waals surface area contributed by atoms with Gasteiger partial charge in [0, 0.05) is 9.13 Å². The second kappa shape index (κ2) is 6.85. The molecule has 0 radical (unpaired) electrons. The highest BCUT2D eigenvalue weighted by Gasteiger charge is 2.13. The molecule has 0 amide bonds. The first-order chi connectivity index (χ1) is 9.58. The molecule has 0 N–H and O–H groups in total. The molecule has 0 saturated carbocycles. The van der Waals surface area contributed by atoms with Crippen molar-refractivity contribution in [2.24, 2.45) is 0 Å².